The predicted octanol–water partition coefficient (Wildman–Crippen LogP) is 0.854. The monoisotopic (exact) mass is 197 g/mol. The molecule has 5 nitrogen and oxygen atoms in total. The first-order valence-electron chi connectivity index (χ1n) is 4.93. The van der Waals surface area contributed by atoms with Crippen LogP contribution >= 0.6 is 0 Å². The van der Waals surface area contributed by atoms with Crippen LogP contribution in [0.2, 0.25) is 0 Å². The molecule has 1 saturated heterocycles. The molecule has 0 radical (unpaired) electrons. The quantitative estimate of drug-likeness (QED) is 0.761. The summed E-state index contributed by atoms with van der Waals surface area (Å²) in [7, 11) is 0. The van der Waals surface area contributed by atoms with Crippen molar-refractivity contribution >= 4 is 0 Å². The molecule has 1 N–H and O–H groups in total. The molecule has 1 atom stereocenters. The molecule has 1 aromatic heterocycles. The molecule has 1 aliphatic rings. The van der Waals surface area contributed by atoms with E-state index in [0.717, 1.165) is 13.1 Å². The van der Waals surface area contributed by atoms with E-state index in [9.17, 15) is 0 Å². The number of morpholine rings is 1. The number of hydrogen-bond acceptors (Lipinski definition) is 5. The standard InChI is InChI=1S/C9H15N3O2/c1-6(2)8-11-12-9(14-8)7-5-10-3-4-13-7/h6-7,10H,3-5H2,1-2H3. The van der Waals surface area contributed by atoms with Gasteiger partial charge in [0.1, 0.15) is 6.10 Å². The second-order valence-electron chi connectivity index (χ2n) is 3.70. The average Bonchev–Trinajstić information content (AvgIpc) is 2.68. The maximum Gasteiger partial charge on any atom is 0.246 e. The lowest BCUT2D eigenvalue weighted by molar-refractivity contribution is 0.0101. The minimum Gasteiger partial charge on any atom is -0.422 e. The molecule has 14 heavy (non-hydrogen) atoms. The Morgan fingerprint density at radius 2 is 2.29 bits per heavy atom. The Morgan fingerprint density at radius 1 is 1.43 bits per heavy atom. The summed E-state index contributed by atoms with van der Waals surface area (Å²) < 4.78 is 11.0. The van der Waals surface area contributed by atoms with Crippen LogP contribution in [0.4, 0.5) is 0 Å². The molecule has 2 rings (SSSR count). The van der Waals surface area contributed by atoms with Gasteiger partial charge in [0.05, 0.1) is 6.61 Å². The summed E-state index contributed by atoms with van der Waals surface area (Å²) in [6, 6.07) is 0. The Morgan fingerprint density at radius 3 is 2.86 bits per heavy atom. The highest BCUT2D eigenvalue weighted by molar-refractivity contribution is 4.92. The molecule has 0 aromatic carbocycles. The van der Waals surface area contributed by atoms with Gasteiger partial charge in [-0.15, -0.1) is 10.2 Å². The lowest BCUT2D eigenvalue weighted by Crippen LogP contribution is -2.33. The molecule has 0 spiro atoms. The van der Waals surface area contributed by atoms with Crippen molar-refractivity contribution < 1.29 is 9.15 Å². The van der Waals surface area contributed by atoms with Gasteiger partial charge in [-0.2, -0.15) is 0 Å². The van der Waals surface area contributed by atoms with E-state index in [1.807, 2.05) is 13.8 Å². The molecule has 1 aliphatic heterocycles. The first-order chi connectivity index (χ1) is 6.77. The summed E-state index contributed by atoms with van der Waals surface area (Å²) in [6.07, 6.45) is -0.0799. The van der Waals surface area contributed by atoms with E-state index in [1.54, 1.807) is 0 Å². The SMILES string of the molecule is CC(C)c1nnc(C2CNCCO2)o1. The lowest BCUT2D eigenvalue weighted by Gasteiger charge is -2.20. The zero-order valence-electron chi connectivity index (χ0n) is 8.49. The molecule has 0 amide bonds. The third-order valence-corrected chi connectivity index (χ3v) is 2.15. The van der Waals surface area contributed by atoms with Crippen LogP contribution in [0.1, 0.15) is 37.7 Å². The van der Waals surface area contributed by atoms with E-state index in [-0.39, 0.29) is 12.0 Å². The van der Waals surface area contributed by atoms with Crippen molar-refractivity contribution in [3.05, 3.63) is 11.8 Å². The maximum absolute atomic E-state index is 5.50. The Hall–Kier alpha value is -0.940. The number of aromatic nitrogens is 2. The second kappa shape index (κ2) is 4.06. The Labute approximate surface area is 82.8 Å². The van der Waals surface area contributed by atoms with Crippen molar-refractivity contribution in [3.63, 3.8) is 0 Å². The van der Waals surface area contributed by atoms with Crippen molar-refractivity contribution in [2.45, 2.75) is 25.9 Å². The van der Waals surface area contributed by atoms with E-state index < -0.39 is 0 Å². The van der Waals surface area contributed by atoms with Crippen LogP contribution in [0.25, 0.3) is 0 Å². The topological polar surface area (TPSA) is 60.2 Å². The molecule has 78 valence electrons. The number of ether oxygens (including phenoxy) is 1. The molecule has 0 saturated carbocycles. The van der Waals surface area contributed by atoms with Crippen LogP contribution in [-0.4, -0.2) is 29.9 Å². The summed E-state index contributed by atoms with van der Waals surface area (Å²) in [6.45, 7) is 6.39. The molecular weight excluding hydrogens is 182 g/mol. The molecule has 5 heteroatoms. The van der Waals surface area contributed by atoms with Crippen molar-refractivity contribution in [1.29, 1.82) is 0 Å². The van der Waals surface area contributed by atoms with Gasteiger partial charge < -0.3 is 14.5 Å². The Balaban J connectivity index is 2.07. The summed E-state index contributed by atoms with van der Waals surface area (Å²) in [5, 5.41) is 11.2. The van der Waals surface area contributed by atoms with Gasteiger partial charge >= 0.3 is 0 Å². The fraction of sp³-hybridized carbons (Fsp3) is 0.778. The molecule has 0 bridgehead atoms. The molecule has 1 unspecified atom stereocenters. The van der Waals surface area contributed by atoms with Crippen LogP contribution < -0.4 is 5.32 Å². The van der Waals surface area contributed by atoms with Gasteiger partial charge in [-0.1, -0.05) is 13.8 Å². The number of rotatable bonds is 2. The van der Waals surface area contributed by atoms with Gasteiger partial charge in [-0.05, 0) is 0 Å². The molecule has 1 fully saturated rings. The summed E-state index contributed by atoms with van der Waals surface area (Å²) in [5.41, 5.74) is 0. The zero-order chi connectivity index (χ0) is 9.97. The maximum atomic E-state index is 5.50. The van der Waals surface area contributed by atoms with Gasteiger partial charge in [0, 0.05) is 19.0 Å². The normalized spacial score (nSPS) is 22.9. The first-order valence-corrected chi connectivity index (χ1v) is 4.93. The van der Waals surface area contributed by atoms with Gasteiger partial charge in [0.25, 0.3) is 0 Å². The largest absolute Gasteiger partial charge is 0.422 e. The van der Waals surface area contributed by atoms with Crippen molar-refractivity contribution in [3.8, 4) is 0 Å². The minimum absolute atomic E-state index is 0.0799. The molecular formula is C9H15N3O2. The van der Waals surface area contributed by atoms with Crippen molar-refractivity contribution in [2.75, 3.05) is 19.7 Å². The highest BCUT2D eigenvalue weighted by atomic mass is 16.5. The van der Waals surface area contributed by atoms with Gasteiger partial charge in [0.15, 0.2) is 0 Å². The smallest absolute Gasteiger partial charge is 0.246 e. The van der Waals surface area contributed by atoms with Crippen LogP contribution in [-0.2, 0) is 4.74 Å². The zero-order valence-corrected chi connectivity index (χ0v) is 8.49. The third kappa shape index (κ3) is 1.93. The van der Waals surface area contributed by atoms with Crippen molar-refractivity contribution in [1.82, 2.24) is 15.5 Å². The van der Waals surface area contributed by atoms with E-state index in [0.29, 0.717) is 18.4 Å². The molecule has 1 aromatic rings. The van der Waals surface area contributed by atoms with Gasteiger partial charge in [-0.3, -0.25) is 0 Å². The van der Waals surface area contributed by atoms with Gasteiger partial charge in [-0.25, -0.2) is 0 Å². The summed E-state index contributed by atoms with van der Waals surface area (Å²) in [4.78, 5) is 0. The van der Waals surface area contributed by atoms with Crippen LogP contribution in [0, 0.1) is 0 Å². The fourth-order valence-electron chi connectivity index (χ4n) is 1.33. The van der Waals surface area contributed by atoms with Gasteiger partial charge in [0.2, 0.25) is 11.8 Å². The van der Waals surface area contributed by atoms with E-state index >= 15 is 0 Å². The second-order valence-corrected chi connectivity index (χ2v) is 3.70. The molecule has 0 aliphatic carbocycles. The lowest BCUT2D eigenvalue weighted by atomic mass is 10.2. The third-order valence-electron chi connectivity index (χ3n) is 2.15. The Kier molecular flexibility index (Phi) is 2.79. The first kappa shape index (κ1) is 9.61. The average molecular weight is 197 g/mol. The highest BCUT2D eigenvalue weighted by Gasteiger charge is 2.22. The van der Waals surface area contributed by atoms with Crippen LogP contribution in [0.5, 0.6) is 0 Å². The van der Waals surface area contributed by atoms with E-state index in [2.05, 4.69) is 15.5 Å². The summed E-state index contributed by atoms with van der Waals surface area (Å²) in [5.74, 6) is 1.53. The number of hydrogen-bond donors (Lipinski definition) is 1. The van der Waals surface area contributed by atoms with Crippen molar-refractivity contribution in [2.24, 2.45) is 0 Å². The highest BCUT2D eigenvalue weighted by Crippen LogP contribution is 2.20. The number of nitrogens with one attached hydrogen (secondary N) is 1. The Bertz CT molecular complexity index is 292. The van der Waals surface area contributed by atoms with E-state index in [1.165, 1.54) is 0 Å². The fourth-order valence-corrected chi connectivity index (χ4v) is 1.33. The van der Waals surface area contributed by atoms with E-state index in [4.69, 9.17) is 9.15 Å². The summed E-state index contributed by atoms with van der Waals surface area (Å²) >= 11 is 0. The van der Waals surface area contributed by atoms with Crippen LogP contribution in [0.15, 0.2) is 4.42 Å². The molecule has 2 heterocycles. The van der Waals surface area contributed by atoms with Crippen LogP contribution in [0.3, 0.4) is 0 Å². The number of nitrogens with zero attached hydrogens (tertiary/aromatic N) is 2. The minimum atomic E-state index is -0.0799. The predicted molar refractivity (Wildman–Crippen MR) is 49.9 cm³/mol.